The molecular formula is C10H17FO. The zero-order valence-electron chi connectivity index (χ0n) is 8.06. The Kier molecular flexibility index (Phi) is 2.55. The topological polar surface area (TPSA) is 17.1 Å². The average Bonchev–Trinajstić information content (AvgIpc) is 1.83. The van der Waals surface area contributed by atoms with E-state index in [1.807, 2.05) is 20.8 Å². The summed E-state index contributed by atoms with van der Waals surface area (Å²) in [5, 5.41) is 0. The Hall–Kier alpha value is -0.400. The molecular weight excluding hydrogens is 155 g/mol. The average molecular weight is 172 g/mol. The molecule has 1 fully saturated rings. The van der Waals surface area contributed by atoms with Crippen LogP contribution in [0.4, 0.5) is 4.39 Å². The second-order valence-corrected chi connectivity index (χ2v) is 4.77. The van der Waals surface area contributed by atoms with Crippen LogP contribution in [0.5, 0.6) is 0 Å². The number of carbonyl (C=O) groups is 1. The fraction of sp³-hybridized carbons (Fsp3) is 0.900. The number of rotatable bonds is 0. The molecule has 1 unspecified atom stereocenters. The largest absolute Gasteiger partial charge is 0.300 e. The van der Waals surface area contributed by atoms with Crippen molar-refractivity contribution in [2.45, 2.75) is 46.2 Å². The zero-order valence-corrected chi connectivity index (χ0v) is 8.06. The van der Waals surface area contributed by atoms with Crippen LogP contribution in [-0.4, -0.2) is 12.0 Å². The van der Waals surface area contributed by atoms with Crippen LogP contribution in [0.25, 0.3) is 0 Å². The van der Waals surface area contributed by atoms with Gasteiger partial charge in [0.2, 0.25) is 0 Å². The molecule has 0 radical (unpaired) electrons. The first kappa shape index (κ1) is 9.69. The van der Waals surface area contributed by atoms with Crippen molar-refractivity contribution in [3.8, 4) is 0 Å². The lowest BCUT2D eigenvalue weighted by molar-refractivity contribution is -0.124. The standard InChI is InChI=1S/C10H17FO/c1-10(2,3)8-5-4-7(12)6-9(8)11/h8-9H,4-6H2,1-3H3/t8-,9?/m1/s1. The Balaban J connectivity index is 2.62. The molecule has 12 heavy (non-hydrogen) atoms. The lowest BCUT2D eigenvalue weighted by atomic mass is 9.71. The molecule has 1 rings (SSSR count). The van der Waals surface area contributed by atoms with Gasteiger partial charge in [-0.15, -0.1) is 0 Å². The minimum Gasteiger partial charge on any atom is -0.300 e. The van der Waals surface area contributed by atoms with Crippen molar-refractivity contribution in [2.24, 2.45) is 11.3 Å². The summed E-state index contributed by atoms with van der Waals surface area (Å²) in [7, 11) is 0. The number of hydrogen-bond acceptors (Lipinski definition) is 1. The Morgan fingerprint density at radius 2 is 2.00 bits per heavy atom. The summed E-state index contributed by atoms with van der Waals surface area (Å²) in [5.74, 6) is 0.151. The second-order valence-electron chi connectivity index (χ2n) is 4.77. The summed E-state index contributed by atoms with van der Waals surface area (Å²) >= 11 is 0. The van der Waals surface area contributed by atoms with E-state index in [-0.39, 0.29) is 23.5 Å². The fourth-order valence-electron chi connectivity index (χ4n) is 1.93. The maximum absolute atomic E-state index is 13.4. The van der Waals surface area contributed by atoms with E-state index in [1.54, 1.807) is 0 Å². The summed E-state index contributed by atoms with van der Waals surface area (Å²) in [4.78, 5) is 10.9. The lowest BCUT2D eigenvalue weighted by Gasteiger charge is -2.35. The Morgan fingerprint density at radius 3 is 2.42 bits per heavy atom. The van der Waals surface area contributed by atoms with Gasteiger partial charge in [-0.25, -0.2) is 4.39 Å². The van der Waals surface area contributed by atoms with Gasteiger partial charge >= 0.3 is 0 Å². The van der Waals surface area contributed by atoms with Gasteiger partial charge in [-0.2, -0.15) is 0 Å². The van der Waals surface area contributed by atoms with Gasteiger partial charge in [-0.05, 0) is 17.8 Å². The minimum absolute atomic E-state index is 0.000116. The van der Waals surface area contributed by atoms with Crippen LogP contribution in [0, 0.1) is 11.3 Å². The first-order chi connectivity index (χ1) is 5.41. The maximum Gasteiger partial charge on any atom is 0.135 e. The van der Waals surface area contributed by atoms with Crippen molar-refractivity contribution < 1.29 is 9.18 Å². The first-order valence-electron chi connectivity index (χ1n) is 4.57. The highest BCUT2D eigenvalue weighted by atomic mass is 19.1. The van der Waals surface area contributed by atoms with Crippen molar-refractivity contribution in [1.82, 2.24) is 0 Å². The highest BCUT2D eigenvalue weighted by molar-refractivity contribution is 5.79. The quantitative estimate of drug-likeness (QED) is 0.549. The number of alkyl halides is 1. The smallest absolute Gasteiger partial charge is 0.135 e. The van der Waals surface area contributed by atoms with Gasteiger partial charge in [0.15, 0.2) is 0 Å². The van der Waals surface area contributed by atoms with Gasteiger partial charge in [0, 0.05) is 12.8 Å². The molecule has 0 aliphatic heterocycles. The van der Waals surface area contributed by atoms with Crippen LogP contribution in [0.2, 0.25) is 0 Å². The zero-order chi connectivity index (χ0) is 9.35. The van der Waals surface area contributed by atoms with Gasteiger partial charge in [0.05, 0.1) is 0 Å². The van der Waals surface area contributed by atoms with Crippen LogP contribution in [0.15, 0.2) is 0 Å². The molecule has 2 heteroatoms. The molecule has 70 valence electrons. The van der Waals surface area contributed by atoms with Gasteiger partial charge in [-0.3, -0.25) is 4.79 Å². The first-order valence-corrected chi connectivity index (χ1v) is 4.57. The minimum atomic E-state index is -0.911. The van der Waals surface area contributed by atoms with E-state index in [4.69, 9.17) is 0 Å². The van der Waals surface area contributed by atoms with Gasteiger partial charge < -0.3 is 0 Å². The summed E-state index contributed by atoms with van der Waals surface area (Å²) in [5.41, 5.74) is 0.000116. The summed E-state index contributed by atoms with van der Waals surface area (Å²) in [6.07, 6.45) is 0.527. The molecule has 1 aliphatic carbocycles. The van der Waals surface area contributed by atoms with Crippen LogP contribution < -0.4 is 0 Å². The second kappa shape index (κ2) is 3.15. The molecule has 0 N–H and O–H groups in total. The van der Waals surface area contributed by atoms with Crippen molar-refractivity contribution >= 4 is 5.78 Å². The number of hydrogen-bond donors (Lipinski definition) is 0. The highest BCUT2D eigenvalue weighted by Crippen LogP contribution is 2.38. The molecule has 1 nitrogen and oxygen atoms in total. The third-order valence-corrected chi connectivity index (χ3v) is 2.71. The van der Waals surface area contributed by atoms with Crippen molar-refractivity contribution in [3.63, 3.8) is 0 Å². The summed E-state index contributed by atoms with van der Waals surface area (Å²) in [6, 6.07) is 0. The van der Waals surface area contributed by atoms with E-state index in [2.05, 4.69) is 0 Å². The van der Waals surface area contributed by atoms with Gasteiger partial charge in [0.25, 0.3) is 0 Å². The molecule has 0 aromatic rings. The fourth-order valence-corrected chi connectivity index (χ4v) is 1.93. The predicted octanol–water partition coefficient (Wildman–Crippen LogP) is 2.74. The normalized spacial score (nSPS) is 32.2. The summed E-state index contributed by atoms with van der Waals surface area (Å²) < 4.78 is 13.4. The van der Waals surface area contributed by atoms with E-state index >= 15 is 0 Å². The third-order valence-electron chi connectivity index (χ3n) is 2.71. The lowest BCUT2D eigenvalue weighted by Crippen LogP contribution is -2.35. The Morgan fingerprint density at radius 1 is 1.42 bits per heavy atom. The number of carbonyl (C=O) groups excluding carboxylic acids is 1. The SMILES string of the molecule is CC(C)(C)[C@@H]1CCC(=O)CC1F. The molecule has 1 saturated carbocycles. The Labute approximate surface area is 73.3 Å². The molecule has 0 aromatic heterocycles. The van der Waals surface area contributed by atoms with Crippen LogP contribution in [0.3, 0.4) is 0 Å². The van der Waals surface area contributed by atoms with E-state index in [0.717, 1.165) is 6.42 Å². The number of Topliss-reactive ketones (excluding diaryl/α,β-unsaturated/α-hetero) is 1. The molecule has 0 aromatic carbocycles. The Bertz CT molecular complexity index is 181. The van der Waals surface area contributed by atoms with E-state index in [0.29, 0.717) is 6.42 Å². The maximum atomic E-state index is 13.4. The predicted molar refractivity (Wildman–Crippen MR) is 46.7 cm³/mol. The molecule has 0 bridgehead atoms. The van der Waals surface area contributed by atoms with E-state index in [1.165, 1.54) is 0 Å². The van der Waals surface area contributed by atoms with Crippen LogP contribution >= 0.6 is 0 Å². The van der Waals surface area contributed by atoms with Gasteiger partial charge in [0.1, 0.15) is 12.0 Å². The van der Waals surface area contributed by atoms with Crippen molar-refractivity contribution in [1.29, 1.82) is 0 Å². The number of ketones is 1. The van der Waals surface area contributed by atoms with Crippen LogP contribution in [0.1, 0.15) is 40.0 Å². The third kappa shape index (κ3) is 2.05. The molecule has 0 heterocycles. The molecule has 0 amide bonds. The van der Waals surface area contributed by atoms with Crippen molar-refractivity contribution in [3.05, 3.63) is 0 Å². The highest BCUT2D eigenvalue weighted by Gasteiger charge is 2.36. The van der Waals surface area contributed by atoms with E-state index < -0.39 is 6.17 Å². The van der Waals surface area contributed by atoms with Crippen LogP contribution in [-0.2, 0) is 4.79 Å². The van der Waals surface area contributed by atoms with E-state index in [9.17, 15) is 9.18 Å². The molecule has 0 saturated heterocycles. The number of halogens is 1. The molecule has 1 aliphatic rings. The summed E-state index contributed by atoms with van der Waals surface area (Å²) in [6.45, 7) is 6.13. The molecule has 2 atom stereocenters. The van der Waals surface area contributed by atoms with Crippen molar-refractivity contribution in [2.75, 3.05) is 0 Å². The monoisotopic (exact) mass is 172 g/mol. The van der Waals surface area contributed by atoms with Gasteiger partial charge in [-0.1, -0.05) is 20.8 Å². The molecule has 0 spiro atoms.